The molecule has 2 rings (SSSR count). The van der Waals surface area contributed by atoms with E-state index in [0.29, 0.717) is 0 Å². The lowest BCUT2D eigenvalue weighted by atomic mass is 10.1. The molecule has 0 saturated carbocycles. The highest BCUT2D eigenvalue weighted by Crippen LogP contribution is 2.25. The zero-order valence-electron chi connectivity index (χ0n) is 12.9. The number of aryl methyl sites for hydroxylation is 2. The number of furan rings is 1. The van der Waals surface area contributed by atoms with Crippen molar-refractivity contribution in [1.29, 1.82) is 0 Å². The molecule has 0 unspecified atom stereocenters. The van der Waals surface area contributed by atoms with Gasteiger partial charge in [-0.1, -0.05) is 33.0 Å². The molecule has 1 heterocycles. The van der Waals surface area contributed by atoms with Crippen LogP contribution in [0, 0.1) is 0 Å². The summed E-state index contributed by atoms with van der Waals surface area (Å²) in [5.41, 5.74) is 2.90. The van der Waals surface area contributed by atoms with Crippen molar-refractivity contribution in [2.75, 3.05) is 5.38 Å². The third-order valence-corrected chi connectivity index (χ3v) is 9.28. The normalized spacial score (nSPS) is 11.8. The lowest BCUT2D eigenvalue weighted by Crippen LogP contribution is -2.43. The van der Waals surface area contributed by atoms with Gasteiger partial charge in [-0.05, 0) is 48.2 Å². The van der Waals surface area contributed by atoms with Gasteiger partial charge in [0.05, 0.1) is 11.6 Å². The van der Waals surface area contributed by atoms with E-state index < -0.39 is 8.07 Å². The second-order valence-electron chi connectivity index (χ2n) is 5.84. The monoisotopic (exact) mass is 304 g/mol. The predicted molar refractivity (Wildman–Crippen MR) is 91.7 cm³/mol. The van der Waals surface area contributed by atoms with E-state index in [9.17, 15) is 0 Å². The van der Waals surface area contributed by atoms with Gasteiger partial charge in [0.15, 0.2) is 0 Å². The van der Waals surface area contributed by atoms with Gasteiger partial charge in [-0.2, -0.15) is 0 Å². The first-order chi connectivity index (χ1) is 9.55. The van der Waals surface area contributed by atoms with Gasteiger partial charge in [-0.15, -0.1) is 11.8 Å². The van der Waals surface area contributed by atoms with Gasteiger partial charge in [0.25, 0.3) is 0 Å². The standard InChI is InChI=1S/C17H24OSSi/c1-5-14-10-15(6-2)12-16(11-14)19-13-20(3,4)17-8-7-9-18-17/h7-12H,5-6,13H2,1-4H3. The first-order valence-electron chi connectivity index (χ1n) is 7.34. The number of benzene rings is 1. The van der Waals surface area contributed by atoms with Crippen molar-refractivity contribution in [1.82, 2.24) is 0 Å². The molecule has 0 aliphatic rings. The Morgan fingerprint density at radius 2 is 1.70 bits per heavy atom. The van der Waals surface area contributed by atoms with E-state index in [2.05, 4.69) is 51.2 Å². The summed E-state index contributed by atoms with van der Waals surface area (Å²) in [6.07, 6.45) is 4.02. The van der Waals surface area contributed by atoms with Crippen molar-refractivity contribution < 1.29 is 4.42 Å². The van der Waals surface area contributed by atoms with E-state index in [1.165, 1.54) is 21.4 Å². The lowest BCUT2D eigenvalue weighted by Gasteiger charge is -2.19. The predicted octanol–water partition coefficient (Wildman–Crippen LogP) is 4.65. The van der Waals surface area contributed by atoms with Crippen molar-refractivity contribution in [3.8, 4) is 0 Å². The quantitative estimate of drug-likeness (QED) is 0.569. The maximum absolute atomic E-state index is 5.62. The van der Waals surface area contributed by atoms with Crippen LogP contribution in [0.3, 0.4) is 0 Å². The molecule has 20 heavy (non-hydrogen) atoms. The van der Waals surface area contributed by atoms with Crippen LogP contribution in [-0.2, 0) is 12.8 Å². The summed E-state index contributed by atoms with van der Waals surface area (Å²) in [5.74, 6) is 0. The van der Waals surface area contributed by atoms with E-state index >= 15 is 0 Å². The summed E-state index contributed by atoms with van der Waals surface area (Å²) in [7, 11) is -1.47. The van der Waals surface area contributed by atoms with Gasteiger partial charge in [0.2, 0.25) is 0 Å². The highest BCUT2D eigenvalue weighted by molar-refractivity contribution is 8.01. The van der Waals surface area contributed by atoms with E-state index in [4.69, 9.17) is 4.42 Å². The Bertz CT molecular complexity index is 524. The van der Waals surface area contributed by atoms with Gasteiger partial charge in [0, 0.05) is 10.3 Å². The Morgan fingerprint density at radius 3 is 2.20 bits per heavy atom. The minimum atomic E-state index is -1.47. The third-order valence-electron chi connectivity index (χ3n) is 3.63. The summed E-state index contributed by atoms with van der Waals surface area (Å²) in [4.78, 5) is 1.41. The Kier molecular flexibility index (Phi) is 5.16. The van der Waals surface area contributed by atoms with Crippen LogP contribution in [0.2, 0.25) is 13.1 Å². The zero-order chi connectivity index (χ0) is 14.6. The summed E-state index contributed by atoms with van der Waals surface area (Å²) < 4.78 is 5.62. The molecule has 0 radical (unpaired) electrons. The van der Waals surface area contributed by atoms with Crippen molar-refractivity contribution in [3.63, 3.8) is 0 Å². The molecule has 1 aromatic heterocycles. The number of rotatable bonds is 6. The van der Waals surface area contributed by atoms with Gasteiger partial charge in [-0.25, -0.2) is 0 Å². The van der Waals surface area contributed by atoms with Crippen LogP contribution >= 0.6 is 11.8 Å². The Balaban J connectivity index is 2.10. The van der Waals surface area contributed by atoms with Crippen LogP contribution in [0.4, 0.5) is 0 Å². The van der Waals surface area contributed by atoms with Crippen LogP contribution in [0.1, 0.15) is 25.0 Å². The van der Waals surface area contributed by atoms with Gasteiger partial charge < -0.3 is 4.42 Å². The molecule has 0 fully saturated rings. The van der Waals surface area contributed by atoms with Gasteiger partial charge >= 0.3 is 0 Å². The van der Waals surface area contributed by atoms with Crippen LogP contribution in [0.15, 0.2) is 45.9 Å². The molecule has 0 saturated heterocycles. The Labute approximate surface area is 127 Å². The summed E-state index contributed by atoms with van der Waals surface area (Å²) in [5, 5.41) is 2.36. The molecule has 1 nitrogen and oxygen atoms in total. The second kappa shape index (κ2) is 6.68. The number of hydrogen-bond donors (Lipinski definition) is 0. The fourth-order valence-corrected chi connectivity index (χ4v) is 6.30. The van der Waals surface area contributed by atoms with Gasteiger partial charge in [-0.3, -0.25) is 0 Å². The van der Waals surface area contributed by atoms with E-state index in [-0.39, 0.29) is 0 Å². The maximum atomic E-state index is 5.62. The zero-order valence-corrected chi connectivity index (χ0v) is 14.7. The lowest BCUT2D eigenvalue weighted by molar-refractivity contribution is 0.597. The molecule has 0 bridgehead atoms. The van der Waals surface area contributed by atoms with Crippen molar-refractivity contribution in [2.45, 2.75) is 44.7 Å². The SMILES string of the molecule is CCc1cc(CC)cc(SC[Si](C)(C)c2ccco2)c1. The maximum Gasteiger partial charge on any atom is 0.136 e. The molecular formula is C17H24OSSi. The minimum Gasteiger partial charge on any atom is -0.474 e. The Hall–Kier alpha value is -0.933. The molecule has 0 aliphatic heterocycles. The highest BCUT2D eigenvalue weighted by atomic mass is 32.2. The average molecular weight is 305 g/mol. The number of hydrogen-bond acceptors (Lipinski definition) is 2. The molecule has 0 atom stereocenters. The van der Waals surface area contributed by atoms with Crippen LogP contribution in [0.5, 0.6) is 0 Å². The average Bonchev–Trinajstić information content (AvgIpc) is 3.00. The fourth-order valence-electron chi connectivity index (χ4n) is 2.22. The molecule has 1 aromatic carbocycles. The first kappa shape index (κ1) is 15.5. The molecule has 0 aliphatic carbocycles. The first-order valence-corrected chi connectivity index (χ1v) is 11.5. The van der Waals surface area contributed by atoms with Crippen LogP contribution < -0.4 is 5.38 Å². The van der Waals surface area contributed by atoms with Crippen molar-refractivity contribution >= 4 is 25.2 Å². The second-order valence-corrected chi connectivity index (χ2v) is 12.0. The smallest absolute Gasteiger partial charge is 0.136 e. The summed E-state index contributed by atoms with van der Waals surface area (Å²) in [6, 6.07) is 11.2. The van der Waals surface area contributed by atoms with E-state index in [1.54, 1.807) is 6.26 Å². The van der Waals surface area contributed by atoms with E-state index in [0.717, 1.165) is 18.2 Å². The molecule has 3 heteroatoms. The minimum absolute atomic E-state index is 1.11. The molecule has 2 aromatic rings. The molecule has 0 N–H and O–H groups in total. The molecular weight excluding hydrogens is 280 g/mol. The molecule has 108 valence electrons. The van der Waals surface area contributed by atoms with Crippen molar-refractivity contribution in [3.05, 3.63) is 47.7 Å². The summed E-state index contributed by atoms with van der Waals surface area (Å²) in [6.45, 7) is 9.21. The van der Waals surface area contributed by atoms with Crippen LogP contribution in [-0.4, -0.2) is 13.5 Å². The summed E-state index contributed by atoms with van der Waals surface area (Å²) >= 11 is 1.99. The fraction of sp³-hybridized carbons (Fsp3) is 0.412. The number of thioether (sulfide) groups is 1. The van der Waals surface area contributed by atoms with Crippen LogP contribution in [0.25, 0.3) is 0 Å². The largest absolute Gasteiger partial charge is 0.474 e. The third kappa shape index (κ3) is 3.80. The van der Waals surface area contributed by atoms with Crippen molar-refractivity contribution in [2.24, 2.45) is 0 Å². The van der Waals surface area contributed by atoms with E-state index in [1.807, 2.05) is 17.8 Å². The molecule has 0 spiro atoms. The van der Waals surface area contributed by atoms with Gasteiger partial charge in [0.1, 0.15) is 8.07 Å². The Morgan fingerprint density at radius 1 is 1.05 bits per heavy atom. The molecule has 0 amide bonds. The topological polar surface area (TPSA) is 13.1 Å². The highest BCUT2D eigenvalue weighted by Gasteiger charge is 2.26.